The van der Waals surface area contributed by atoms with Crippen molar-refractivity contribution < 1.29 is 19.5 Å². The lowest BCUT2D eigenvalue weighted by atomic mass is 10.0. The van der Waals surface area contributed by atoms with E-state index in [0.29, 0.717) is 15.8 Å². The first kappa shape index (κ1) is 23.5. The quantitative estimate of drug-likeness (QED) is 0.157. The summed E-state index contributed by atoms with van der Waals surface area (Å²) in [6, 6.07) is -2.44. The first-order valence-electron chi connectivity index (χ1n) is 9.23. The summed E-state index contributed by atoms with van der Waals surface area (Å²) >= 11 is 5.07. The molecule has 174 valence electrons. The molecule has 0 saturated carbocycles. The number of fused-ring (bicyclic) bond motifs is 1. The first-order chi connectivity index (χ1) is 15.8. The van der Waals surface area contributed by atoms with Gasteiger partial charge in [0.05, 0.1) is 10.3 Å². The summed E-state index contributed by atoms with van der Waals surface area (Å²) in [7, 11) is 0. The van der Waals surface area contributed by atoms with E-state index in [1.54, 1.807) is 0 Å². The molecule has 2 aromatic rings. The lowest BCUT2D eigenvalue weighted by Gasteiger charge is -2.49. The fraction of sp³-hybridized carbons (Fsp3) is 0.375. The van der Waals surface area contributed by atoms with Crippen molar-refractivity contribution in [3.63, 3.8) is 0 Å². The molecule has 0 radical (unpaired) electrons. The zero-order valence-electron chi connectivity index (χ0n) is 16.7. The number of carboxylic acids is 1. The summed E-state index contributed by atoms with van der Waals surface area (Å²) in [6.07, 6.45) is 1.38. The number of carbonyl (C=O) groups is 3. The van der Waals surface area contributed by atoms with Crippen LogP contribution in [0.1, 0.15) is 18.7 Å². The van der Waals surface area contributed by atoms with Gasteiger partial charge in [0, 0.05) is 16.0 Å². The van der Waals surface area contributed by atoms with Crippen molar-refractivity contribution in [2.75, 3.05) is 11.5 Å². The highest BCUT2D eigenvalue weighted by atomic mass is 32.2. The average molecular weight is 529 g/mol. The van der Waals surface area contributed by atoms with Gasteiger partial charge in [0.2, 0.25) is 6.04 Å². The SMILES string of the molecule is CC(SC1=C(C(=O)O)N2C(=O)[C@@H](NC(=O)C(N=O)c3csc(N)n3)[C@@H]2SC1)Sc1ncn[nH]1. The predicted octanol–water partition coefficient (Wildman–Crippen LogP) is 1.22. The number of nitrogen functional groups attached to an aromatic ring is 1. The normalized spacial score (nSPS) is 21.7. The Morgan fingerprint density at radius 3 is 2.85 bits per heavy atom. The van der Waals surface area contributed by atoms with Gasteiger partial charge in [-0.05, 0) is 12.1 Å². The molecule has 4 rings (SSSR count). The Balaban J connectivity index is 1.46. The van der Waals surface area contributed by atoms with Crippen LogP contribution in [0.2, 0.25) is 0 Å². The van der Waals surface area contributed by atoms with Crippen molar-refractivity contribution in [3.05, 3.63) is 32.9 Å². The lowest BCUT2D eigenvalue weighted by molar-refractivity contribution is -0.150. The number of nitrogens with one attached hydrogen (secondary N) is 2. The Hall–Kier alpha value is -2.63. The van der Waals surface area contributed by atoms with E-state index in [0.717, 1.165) is 11.3 Å². The van der Waals surface area contributed by atoms with Gasteiger partial charge in [-0.3, -0.25) is 19.6 Å². The molecule has 2 aliphatic heterocycles. The van der Waals surface area contributed by atoms with E-state index in [4.69, 9.17) is 5.73 Å². The highest BCUT2D eigenvalue weighted by molar-refractivity contribution is 8.19. The van der Waals surface area contributed by atoms with Crippen LogP contribution in [0.15, 0.2) is 32.6 Å². The highest BCUT2D eigenvalue weighted by Gasteiger charge is 2.54. The number of β-lactam (4-membered cyclic amide) rings is 1. The van der Waals surface area contributed by atoms with Crippen molar-refractivity contribution in [3.8, 4) is 0 Å². The van der Waals surface area contributed by atoms with Crippen molar-refractivity contribution in [2.24, 2.45) is 5.18 Å². The number of nitrogens with zero attached hydrogens (tertiary/aromatic N) is 5. The first-order valence-corrected chi connectivity index (χ1v) is 12.9. The predicted molar refractivity (Wildman–Crippen MR) is 124 cm³/mol. The molecule has 0 spiro atoms. The van der Waals surface area contributed by atoms with Crippen LogP contribution >= 0.6 is 46.6 Å². The smallest absolute Gasteiger partial charge is 0.353 e. The number of carboxylic acid groups (broad SMARTS) is 1. The van der Waals surface area contributed by atoms with Crippen LogP contribution in [-0.4, -0.2) is 69.7 Å². The number of hydrogen-bond donors (Lipinski definition) is 4. The van der Waals surface area contributed by atoms with E-state index in [1.165, 1.54) is 51.9 Å². The number of nitrogens with two attached hydrogens (primary N) is 1. The Morgan fingerprint density at radius 1 is 1.45 bits per heavy atom. The maximum Gasteiger partial charge on any atom is 0.353 e. The molecule has 33 heavy (non-hydrogen) atoms. The largest absolute Gasteiger partial charge is 0.477 e. The molecule has 0 bridgehead atoms. The molecule has 17 heteroatoms. The molecule has 2 aliphatic rings. The fourth-order valence-electron chi connectivity index (χ4n) is 3.21. The van der Waals surface area contributed by atoms with Gasteiger partial charge in [0.25, 0.3) is 11.8 Å². The monoisotopic (exact) mass is 528 g/mol. The van der Waals surface area contributed by atoms with Crippen LogP contribution < -0.4 is 11.1 Å². The van der Waals surface area contributed by atoms with Crippen molar-refractivity contribution in [2.45, 2.75) is 34.1 Å². The Labute approximate surface area is 202 Å². The maximum atomic E-state index is 12.8. The van der Waals surface area contributed by atoms with Crippen LogP contribution in [0.3, 0.4) is 0 Å². The molecule has 2 unspecified atom stereocenters. The van der Waals surface area contributed by atoms with Gasteiger partial charge in [0.15, 0.2) is 10.3 Å². The number of amides is 2. The molecule has 0 aliphatic carbocycles. The fourth-order valence-corrected chi connectivity index (χ4v) is 7.50. The van der Waals surface area contributed by atoms with Gasteiger partial charge < -0.3 is 16.2 Å². The summed E-state index contributed by atoms with van der Waals surface area (Å²) < 4.78 is -0.101. The zero-order valence-corrected chi connectivity index (χ0v) is 20.0. The van der Waals surface area contributed by atoms with Crippen LogP contribution in [0.25, 0.3) is 0 Å². The summed E-state index contributed by atoms with van der Waals surface area (Å²) in [5.74, 6) is -2.27. The van der Waals surface area contributed by atoms with Crippen molar-refractivity contribution in [1.82, 2.24) is 30.4 Å². The van der Waals surface area contributed by atoms with Gasteiger partial charge in [-0.15, -0.1) is 39.8 Å². The number of carbonyl (C=O) groups excluding carboxylic acids is 2. The van der Waals surface area contributed by atoms with E-state index in [-0.39, 0.29) is 21.1 Å². The van der Waals surface area contributed by atoms with E-state index in [2.05, 4.69) is 30.7 Å². The van der Waals surface area contributed by atoms with E-state index >= 15 is 0 Å². The minimum Gasteiger partial charge on any atom is -0.477 e. The number of aromatic nitrogens is 4. The molecule has 2 aromatic heterocycles. The number of aliphatic carboxylic acids is 1. The van der Waals surface area contributed by atoms with E-state index in [1.807, 2.05) is 6.92 Å². The standard InChI is InChI=1S/C16H16N8O5S4/c1-5(33-16-18-4-19-22-16)32-7-3-30-13-9(12(26)24(13)10(7)14(27)28)21-11(25)8(23-29)6-2-31-15(17)20-6/h2,4-5,8-9,13H,3H2,1H3,(H2,17,20)(H,21,25)(H,27,28)(H,18,19,22)/t5?,8?,9-,13+/m1/s1. The van der Waals surface area contributed by atoms with Crippen LogP contribution in [-0.2, 0) is 14.4 Å². The Kier molecular flexibility index (Phi) is 6.91. The second-order valence-corrected chi connectivity index (χ2v) is 11.7. The van der Waals surface area contributed by atoms with Crippen LogP contribution in [0.5, 0.6) is 0 Å². The number of rotatable bonds is 9. The van der Waals surface area contributed by atoms with Gasteiger partial charge in [0.1, 0.15) is 23.4 Å². The average Bonchev–Trinajstić information content (AvgIpc) is 3.43. The molecular formula is C16H16N8O5S4. The molecule has 5 N–H and O–H groups in total. The molecule has 13 nitrogen and oxygen atoms in total. The summed E-state index contributed by atoms with van der Waals surface area (Å²) in [5.41, 5.74) is 5.52. The number of thioether (sulfide) groups is 3. The third kappa shape index (κ3) is 4.71. The minimum atomic E-state index is -1.46. The molecular weight excluding hydrogens is 512 g/mol. The third-order valence-corrected chi connectivity index (χ3v) is 9.02. The van der Waals surface area contributed by atoms with Crippen molar-refractivity contribution >= 4 is 69.5 Å². The van der Waals surface area contributed by atoms with E-state index < -0.39 is 35.2 Å². The number of hydrogen-bond acceptors (Lipinski definition) is 13. The minimum absolute atomic E-state index is 0.0907. The number of nitroso groups, excluding NO2 is 1. The summed E-state index contributed by atoms with van der Waals surface area (Å²) in [5, 5.41) is 23.2. The third-order valence-electron chi connectivity index (χ3n) is 4.59. The lowest BCUT2D eigenvalue weighted by Crippen LogP contribution is -2.70. The summed E-state index contributed by atoms with van der Waals surface area (Å²) in [4.78, 5) is 58.2. The van der Waals surface area contributed by atoms with Crippen LogP contribution in [0.4, 0.5) is 5.13 Å². The van der Waals surface area contributed by atoms with Gasteiger partial charge in [-0.2, -0.15) is 5.10 Å². The number of thiazole rings is 1. The molecule has 4 heterocycles. The Bertz CT molecular complexity index is 1120. The van der Waals surface area contributed by atoms with Crippen molar-refractivity contribution in [1.29, 1.82) is 0 Å². The highest BCUT2D eigenvalue weighted by Crippen LogP contribution is 2.46. The summed E-state index contributed by atoms with van der Waals surface area (Å²) in [6.45, 7) is 1.89. The molecule has 4 atom stereocenters. The second-order valence-electron chi connectivity index (χ2n) is 6.69. The molecule has 1 fully saturated rings. The maximum absolute atomic E-state index is 12.8. The topological polar surface area (TPSA) is 197 Å². The van der Waals surface area contributed by atoms with Gasteiger partial charge in [-0.25, -0.2) is 14.8 Å². The number of anilines is 1. The van der Waals surface area contributed by atoms with Crippen LogP contribution in [0, 0.1) is 4.91 Å². The van der Waals surface area contributed by atoms with Gasteiger partial charge in [-0.1, -0.05) is 11.8 Å². The molecule has 2 amide bonds. The molecule has 1 saturated heterocycles. The Morgan fingerprint density at radius 2 is 2.24 bits per heavy atom. The van der Waals surface area contributed by atoms with Gasteiger partial charge >= 0.3 is 5.97 Å². The van der Waals surface area contributed by atoms with E-state index in [9.17, 15) is 24.4 Å². The number of H-pyrrole nitrogens is 1. The zero-order chi connectivity index (χ0) is 23.7. The number of aromatic amines is 1. The molecule has 0 aromatic carbocycles. The second kappa shape index (κ2) is 9.70.